The Balaban J connectivity index is 3.02. The van der Waals surface area contributed by atoms with Crippen LogP contribution in [0.3, 0.4) is 0 Å². The number of carbonyl (C=O) groups excluding carboxylic acids is 1. The number of nitrogens with zero attached hydrogens (tertiary/aromatic N) is 2. The molecule has 0 fully saturated rings. The van der Waals surface area contributed by atoms with E-state index in [0.29, 0.717) is 19.4 Å². The molecule has 98 valence electrons. The van der Waals surface area contributed by atoms with Gasteiger partial charge < -0.3 is 9.64 Å². The Bertz CT molecular complexity index is 434. The number of carbonyl (C=O) groups is 1. The Morgan fingerprint density at radius 3 is 2.72 bits per heavy atom. The number of hydrogen-bond donors (Lipinski definition) is 0. The average molecular weight is 252 g/mol. The van der Waals surface area contributed by atoms with Crippen molar-refractivity contribution in [2.24, 2.45) is 0 Å². The Morgan fingerprint density at radius 2 is 2.22 bits per heavy atom. The third-order valence-electron chi connectivity index (χ3n) is 2.65. The number of aldehydes is 1. The summed E-state index contributed by atoms with van der Waals surface area (Å²) in [7, 11) is 1.61. The van der Waals surface area contributed by atoms with E-state index in [-0.39, 0.29) is 11.3 Å². The molecule has 6 nitrogen and oxygen atoms in total. The van der Waals surface area contributed by atoms with Crippen LogP contribution in [0.5, 0.6) is 0 Å². The molecule has 0 amide bonds. The summed E-state index contributed by atoms with van der Waals surface area (Å²) in [6.45, 7) is 3.93. The number of ether oxygens (including phenoxy) is 1. The van der Waals surface area contributed by atoms with Crippen LogP contribution in [0.1, 0.15) is 17.3 Å². The topological polar surface area (TPSA) is 72.7 Å². The number of likely N-dealkylation sites (N-methyl/N-ethyl adjacent to an activating group) is 1. The van der Waals surface area contributed by atoms with Crippen LogP contribution in [-0.4, -0.2) is 38.0 Å². The summed E-state index contributed by atoms with van der Waals surface area (Å²) in [6.07, 6.45) is 0.506. The number of nitro benzene ring substituents is 1. The monoisotopic (exact) mass is 252 g/mol. The highest BCUT2D eigenvalue weighted by Crippen LogP contribution is 2.23. The molecule has 0 aliphatic rings. The molecule has 0 heterocycles. The molecule has 0 atom stereocenters. The van der Waals surface area contributed by atoms with E-state index in [0.717, 1.165) is 12.2 Å². The van der Waals surface area contributed by atoms with Crippen molar-refractivity contribution in [1.29, 1.82) is 0 Å². The van der Waals surface area contributed by atoms with Gasteiger partial charge >= 0.3 is 0 Å². The molecule has 0 radical (unpaired) electrons. The fourth-order valence-corrected chi connectivity index (χ4v) is 1.67. The molecular formula is C12H16N2O4. The first-order valence-corrected chi connectivity index (χ1v) is 5.61. The summed E-state index contributed by atoms with van der Waals surface area (Å²) < 4.78 is 4.99. The lowest BCUT2D eigenvalue weighted by atomic mass is 10.1. The van der Waals surface area contributed by atoms with Gasteiger partial charge in [0.15, 0.2) is 6.29 Å². The number of hydrogen-bond acceptors (Lipinski definition) is 5. The molecule has 0 unspecified atom stereocenters. The van der Waals surface area contributed by atoms with Crippen LogP contribution >= 0.6 is 0 Å². The first-order valence-electron chi connectivity index (χ1n) is 5.61. The lowest BCUT2D eigenvalue weighted by Gasteiger charge is -2.22. The zero-order valence-electron chi connectivity index (χ0n) is 10.5. The highest BCUT2D eigenvalue weighted by atomic mass is 16.6. The molecule has 1 aromatic carbocycles. The van der Waals surface area contributed by atoms with E-state index in [9.17, 15) is 14.9 Å². The molecule has 1 rings (SSSR count). The zero-order chi connectivity index (χ0) is 13.5. The van der Waals surface area contributed by atoms with Gasteiger partial charge in [0.2, 0.25) is 0 Å². The minimum atomic E-state index is -0.557. The third kappa shape index (κ3) is 3.27. The maximum atomic E-state index is 10.9. The van der Waals surface area contributed by atoms with Crippen molar-refractivity contribution in [1.82, 2.24) is 0 Å². The van der Waals surface area contributed by atoms with Crippen molar-refractivity contribution in [2.75, 3.05) is 31.7 Å². The lowest BCUT2D eigenvalue weighted by Crippen LogP contribution is -2.26. The molecule has 0 aliphatic carbocycles. The van der Waals surface area contributed by atoms with Gasteiger partial charge in [0.25, 0.3) is 5.69 Å². The number of anilines is 1. The smallest absolute Gasteiger partial charge is 0.280 e. The van der Waals surface area contributed by atoms with E-state index >= 15 is 0 Å². The predicted octanol–water partition coefficient (Wildman–Crippen LogP) is 1.88. The van der Waals surface area contributed by atoms with E-state index < -0.39 is 4.92 Å². The second-order valence-electron chi connectivity index (χ2n) is 3.69. The minimum Gasteiger partial charge on any atom is -0.383 e. The molecule has 0 N–H and O–H groups in total. The summed E-state index contributed by atoms with van der Waals surface area (Å²) in [5, 5.41) is 10.7. The van der Waals surface area contributed by atoms with Crippen LogP contribution < -0.4 is 4.90 Å². The summed E-state index contributed by atoms with van der Waals surface area (Å²) in [5.41, 5.74) is 0.701. The molecule has 0 aliphatic heterocycles. The Labute approximate surface area is 105 Å². The summed E-state index contributed by atoms with van der Waals surface area (Å²) >= 11 is 0. The molecule has 0 saturated carbocycles. The van der Waals surface area contributed by atoms with Gasteiger partial charge in [-0.25, -0.2) is 0 Å². The summed E-state index contributed by atoms with van der Waals surface area (Å²) in [6, 6.07) is 4.53. The van der Waals surface area contributed by atoms with Crippen LogP contribution in [0.15, 0.2) is 18.2 Å². The summed E-state index contributed by atoms with van der Waals surface area (Å²) in [4.78, 5) is 23.0. The van der Waals surface area contributed by atoms with Crippen LogP contribution in [-0.2, 0) is 4.74 Å². The first kappa shape index (κ1) is 14.1. The predicted molar refractivity (Wildman–Crippen MR) is 68.2 cm³/mol. The Hall–Kier alpha value is -1.95. The highest BCUT2D eigenvalue weighted by molar-refractivity contribution is 5.83. The van der Waals surface area contributed by atoms with Crippen molar-refractivity contribution in [3.63, 3.8) is 0 Å². The van der Waals surface area contributed by atoms with Crippen LogP contribution in [0.25, 0.3) is 0 Å². The van der Waals surface area contributed by atoms with E-state index in [4.69, 9.17) is 4.74 Å². The fourth-order valence-electron chi connectivity index (χ4n) is 1.67. The highest BCUT2D eigenvalue weighted by Gasteiger charge is 2.15. The van der Waals surface area contributed by atoms with E-state index in [1.54, 1.807) is 13.2 Å². The van der Waals surface area contributed by atoms with Crippen molar-refractivity contribution in [2.45, 2.75) is 6.92 Å². The van der Waals surface area contributed by atoms with Gasteiger partial charge in [0.05, 0.1) is 17.1 Å². The average Bonchev–Trinajstić information content (AvgIpc) is 2.39. The Morgan fingerprint density at radius 1 is 1.50 bits per heavy atom. The number of methoxy groups -OCH3 is 1. The summed E-state index contributed by atoms with van der Waals surface area (Å²) in [5.74, 6) is 0. The van der Waals surface area contributed by atoms with Gasteiger partial charge in [-0.15, -0.1) is 0 Å². The van der Waals surface area contributed by atoms with Crippen molar-refractivity contribution < 1.29 is 14.5 Å². The maximum Gasteiger partial charge on any atom is 0.280 e. The van der Waals surface area contributed by atoms with Crippen LogP contribution in [0.2, 0.25) is 0 Å². The second kappa shape index (κ2) is 6.70. The third-order valence-corrected chi connectivity index (χ3v) is 2.65. The molecule has 18 heavy (non-hydrogen) atoms. The molecule has 0 spiro atoms. The standard InChI is InChI=1S/C12H16N2O4/c1-3-13(6-7-18-2)11-4-5-12(14(16)17)10(8-11)9-15/h4-5,8-9H,3,6-7H2,1-2H3. The van der Waals surface area contributed by atoms with E-state index in [2.05, 4.69) is 0 Å². The molecule has 0 bridgehead atoms. The van der Waals surface area contributed by atoms with E-state index in [1.165, 1.54) is 12.1 Å². The van der Waals surface area contributed by atoms with Gasteiger partial charge in [-0.3, -0.25) is 14.9 Å². The maximum absolute atomic E-state index is 10.9. The van der Waals surface area contributed by atoms with Crippen LogP contribution in [0, 0.1) is 10.1 Å². The van der Waals surface area contributed by atoms with Gasteiger partial charge in [-0.1, -0.05) is 0 Å². The quantitative estimate of drug-likeness (QED) is 0.421. The van der Waals surface area contributed by atoms with Gasteiger partial charge in [0.1, 0.15) is 0 Å². The normalized spacial score (nSPS) is 10.1. The van der Waals surface area contributed by atoms with Crippen LogP contribution in [0.4, 0.5) is 11.4 Å². The molecule has 1 aromatic rings. The van der Waals surface area contributed by atoms with Crippen molar-refractivity contribution in [3.8, 4) is 0 Å². The minimum absolute atomic E-state index is 0.0911. The van der Waals surface area contributed by atoms with Crippen molar-refractivity contribution >= 4 is 17.7 Å². The second-order valence-corrected chi connectivity index (χ2v) is 3.69. The van der Waals surface area contributed by atoms with E-state index in [1.807, 2.05) is 11.8 Å². The molecular weight excluding hydrogens is 236 g/mol. The van der Waals surface area contributed by atoms with Gasteiger partial charge in [0, 0.05) is 32.0 Å². The van der Waals surface area contributed by atoms with Gasteiger partial charge in [-0.05, 0) is 19.1 Å². The number of rotatable bonds is 7. The zero-order valence-corrected chi connectivity index (χ0v) is 10.5. The largest absolute Gasteiger partial charge is 0.383 e. The first-order chi connectivity index (χ1) is 8.63. The number of benzene rings is 1. The number of nitro groups is 1. The molecule has 6 heteroatoms. The van der Waals surface area contributed by atoms with Gasteiger partial charge in [-0.2, -0.15) is 0 Å². The lowest BCUT2D eigenvalue weighted by molar-refractivity contribution is -0.385. The molecule has 0 saturated heterocycles. The van der Waals surface area contributed by atoms with Crippen molar-refractivity contribution in [3.05, 3.63) is 33.9 Å². The Kier molecular flexibility index (Phi) is 5.26. The molecule has 0 aromatic heterocycles. The SMILES string of the molecule is CCN(CCOC)c1ccc([N+](=O)[O-])c(C=O)c1. The fraction of sp³-hybridized carbons (Fsp3) is 0.417.